The predicted molar refractivity (Wildman–Crippen MR) is 58.5 cm³/mol. The molecule has 0 radical (unpaired) electrons. The second-order valence-electron chi connectivity index (χ2n) is 3.58. The third-order valence-corrected chi connectivity index (χ3v) is 2.80. The third-order valence-electron chi connectivity index (χ3n) is 1.70. The number of aliphatic hydroxyl groups excluding tert-OH is 1. The van der Waals surface area contributed by atoms with Crippen LogP contribution in [0.2, 0.25) is 0 Å². The van der Waals surface area contributed by atoms with Crippen molar-refractivity contribution >= 4 is 11.8 Å². The number of nitrogens with zero attached hydrogens (tertiary/aromatic N) is 3. The molecule has 0 aliphatic rings. The van der Waals surface area contributed by atoms with Crippen molar-refractivity contribution in [1.29, 1.82) is 0 Å². The third kappa shape index (κ3) is 4.13. The number of aromatic nitrogens is 2. The van der Waals surface area contributed by atoms with Crippen molar-refractivity contribution in [2.75, 3.05) is 26.4 Å². The van der Waals surface area contributed by atoms with Crippen LogP contribution in [0.1, 0.15) is 0 Å². The minimum atomic E-state index is -0.282. The fraction of sp³-hybridized carbons (Fsp3) is 0.667. The molecule has 0 spiro atoms. The van der Waals surface area contributed by atoms with Gasteiger partial charge in [0, 0.05) is 30.4 Å². The Morgan fingerprint density at radius 1 is 1.64 bits per heavy atom. The first kappa shape index (κ1) is 11.6. The molecule has 0 bridgehead atoms. The molecule has 5 heteroatoms. The van der Waals surface area contributed by atoms with Gasteiger partial charge in [0.2, 0.25) is 0 Å². The molecule has 14 heavy (non-hydrogen) atoms. The first-order valence-corrected chi connectivity index (χ1v) is 5.50. The Bertz CT molecular complexity index is 275. The van der Waals surface area contributed by atoms with E-state index >= 15 is 0 Å². The second-order valence-corrected chi connectivity index (χ2v) is 4.67. The van der Waals surface area contributed by atoms with Gasteiger partial charge in [0.15, 0.2) is 0 Å². The van der Waals surface area contributed by atoms with Gasteiger partial charge in [-0.05, 0) is 14.1 Å². The monoisotopic (exact) mass is 215 g/mol. The standard InChI is InChI=1S/C9H17N3OS/c1-11(2)5-8(13)7-14-9-4-10-12(3)6-9/h4,6,8,13H,5,7H2,1-3H3/t8-/m0/s1. The number of rotatable bonds is 5. The number of hydrogen-bond donors (Lipinski definition) is 1. The first-order chi connectivity index (χ1) is 6.58. The molecule has 0 fully saturated rings. The van der Waals surface area contributed by atoms with Crippen LogP contribution < -0.4 is 0 Å². The van der Waals surface area contributed by atoms with E-state index in [0.29, 0.717) is 12.3 Å². The summed E-state index contributed by atoms with van der Waals surface area (Å²) < 4.78 is 1.76. The highest BCUT2D eigenvalue weighted by Crippen LogP contribution is 2.17. The van der Waals surface area contributed by atoms with Crippen molar-refractivity contribution in [2.24, 2.45) is 7.05 Å². The van der Waals surface area contributed by atoms with Crippen LogP contribution in [-0.4, -0.2) is 52.3 Å². The Labute approximate surface area is 88.9 Å². The molecule has 0 aliphatic carbocycles. The molecule has 1 N–H and O–H groups in total. The van der Waals surface area contributed by atoms with Crippen molar-refractivity contribution in [3.8, 4) is 0 Å². The molecule has 80 valence electrons. The number of thioether (sulfide) groups is 1. The molecule has 0 saturated carbocycles. The summed E-state index contributed by atoms with van der Waals surface area (Å²) in [6.45, 7) is 0.702. The summed E-state index contributed by atoms with van der Waals surface area (Å²) in [7, 11) is 5.80. The Balaban J connectivity index is 2.26. The van der Waals surface area contributed by atoms with Crippen LogP contribution in [0, 0.1) is 0 Å². The molecule has 4 nitrogen and oxygen atoms in total. The van der Waals surface area contributed by atoms with E-state index in [-0.39, 0.29) is 6.10 Å². The van der Waals surface area contributed by atoms with Crippen molar-refractivity contribution in [3.05, 3.63) is 12.4 Å². The van der Waals surface area contributed by atoms with Gasteiger partial charge >= 0.3 is 0 Å². The molecule has 0 amide bonds. The van der Waals surface area contributed by atoms with Crippen molar-refractivity contribution < 1.29 is 5.11 Å². The van der Waals surface area contributed by atoms with Crippen LogP contribution >= 0.6 is 11.8 Å². The Morgan fingerprint density at radius 2 is 2.36 bits per heavy atom. The summed E-state index contributed by atoms with van der Waals surface area (Å²) >= 11 is 1.63. The molecule has 0 unspecified atom stereocenters. The molecule has 1 aromatic rings. The maximum Gasteiger partial charge on any atom is 0.0760 e. The maximum absolute atomic E-state index is 9.60. The highest BCUT2D eigenvalue weighted by molar-refractivity contribution is 7.99. The Morgan fingerprint density at radius 3 is 2.86 bits per heavy atom. The average Bonchev–Trinajstić information content (AvgIpc) is 2.47. The van der Waals surface area contributed by atoms with Crippen LogP contribution in [0.15, 0.2) is 17.3 Å². The number of hydrogen-bond acceptors (Lipinski definition) is 4. The molecule has 1 rings (SSSR count). The van der Waals surface area contributed by atoms with Crippen LogP contribution in [0.3, 0.4) is 0 Å². The lowest BCUT2D eigenvalue weighted by molar-refractivity contribution is 0.158. The Hall–Kier alpha value is -0.520. The topological polar surface area (TPSA) is 41.3 Å². The minimum absolute atomic E-state index is 0.282. The zero-order valence-electron chi connectivity index (χ0n) is 8.84. The van der Waals surface area contributed by atoms with Crippen molar-refractivity contribution in [3.63, 3.8) is 0 Å². The highest BCUT2D eigenvalue weighted by Gasteiger charge is 2.06. The SMILES string of the molecule is CN(C)C[C@H](O)CSc1cnn(C)c1. The lowest BCUT2D eigenvalue weighted by Crippen LogP contribution is -2.27. The maximum atomic E-state index is 9.60. The summed E-state index contributed by atoms with van der Waals surface area (Å²) in [6, 6.07) is 0. The lowest BCUT2D eigenvalue weighted by Gasteiger charge is -2.14. The first-order valence-electron chi connectivity index (χ1n) is 4.52. The number of aliphatic hydroxyl groups is 1. The fourth-order valence-corrected chi connectivity index (χ4v) is 1.98. The van der Waals surface area contributed by atoms with Gasteiger partial charge < -0.3 is 10.0 Å². The zero-order valence-corrected chi connectivity index (χ0v) is 9.66. The van der Waals surface area contributed by atoms with Gasteiger partial charge in [-0.25, -0.2) is 0 Å². The van der Waals surface area contributed by atoms with Crippen LogP contribution in [-0.2, 0) is 7.05 Å². The molecular formula is C9H17N3OS. The number of likely N-dealkylation sites (N-methyl/N-ethyl adjacent to an activating group) is 1. The summed E-state index contributed by atoms with van der Waals surface area (Å²) in [6.07, 6.45) is 3.48. The highest BCUT2D eigenvalue weighted by atomic mass is 32.2. The van der Waals surface area contributed by atoms with E-state index in [1.54, 1.807) is 16.4 Å². The van der Waals surface area contributed by atoms with E-state index in [1.807, 2.05) is 38.4 Å². The van der Waals surface area contributed by atoms with Gasteiger partial charge in [-0.2, -0.15) is 5.10 Å². The van der Waals surface area contributed by atoms with Gasteiger partial charge in [0.05, 0.1) is 12.3 Å². The second kappa shape index (κ2) is 5.38. The van der Waals surface area contributed by atoms with Gasteiger partial charge in [-0.1, -0.05) is 0 Å². The van der Waals surface area contributed by atoms with Crippen molar-refractivity contribution in [1.82, 2.24) is 14.7 Å². The van der Waals surface area contributed by atoms with Gasteiger partial charge in [-0.3, -0.25) is 4.68 Å². The molecule has 1 atom stereocenters. The molecule has 0 saturated heterocycles. The summed E-state index contributed by atoms with van der Waals surface area (Å²) in [5.74, 6) is 0.712. The molecule has 1 heterocycles. The zero-order chi connectivity index (χ0) is 10.6. The van der Waals surface area contributed by atoms with E-state index in [1.165, 1.54) is 0 Å². The van der Waals surface area contributed by atoms with E-state index in [0.717, 1.165) is 4.90 Å². The van der Waals surface area contributed by atoms with E-state index in [4.69, 9.17) is 0 Å². The van der Waals surface area contributed by atoms with Gasteiger partial charge in [-0.15, -0.1) is 11.8 Å². The van der Waals surface area contributed by atoms with Gasteiger partial charge in [0.25, 0.3) is 0 Å². The molecule has 0 aromatic carbocycles. The average molecular weight is 215 g/mol. The summed E-state index contributed by atoms with van der Waals surface area (Å²) in [5, 5.41) is 13.7. The van der Waals surface area contributed by atoms with E-state index < -0.39 is 0 Å². The minimum Gasteiger partial charge on any atom is -0.391 e. The molecular weight excluding hydrogens is 198 g/mol. The summed E-state index contributed by atoms with van der Waals surface area (Å²) in [4.78, 5) is 3.08. The van der Waals surface area contributed by atoms with E-state index in [2.05, 4.69) is 5.10 Å². The number of aryl methyl sites for hydroxylation is 1. The molecule has 0 aliphatic heterocycles. The van der Waals surface area contributed by atoms with Crippen LogP contribution in [0.4, 0.5) is 0 Å². The van der Waals surface area contributed by atoms with E-state index in [9.17, 15) is 5.11 Å². The van der Waals surface area contributed by atoms with Crippen LogP contribution in [0.5, 0.6) is 0 Å². The molecule has 1 aromatic heterocycles. The predicted octanol–water partition coefficient (Wildman–Crippen LogP) is 0.435. The van der Waals surface area contributed by atoms with Crippen LogP contribution in [0.25, 0.3) is 0 Å². The fourth-order valence-electron chi connectivity index (χ4n) is 1.14. The van der Waals surface area contributed by atoms with Gasteiger partial charge in [0.1, 0.15) is 0 Å². The quantitative estimate of drug-likeness (QED) is 0.723. The largest absolute Gasteiger partial charge is 0.391 e. The summed E-state index contributed by atoms with van der Waals surface area (Å²) in [5.41, 5.74) is 0. The smallest absolute Gasteiger partial charge is 0.0760 e. The van der Waals surface area contributed by atoms with Crippen molar-refractivity contribution in [2.45, 2.75) is 11.0 Å². The normalized spacial score (nSPS) is 13.5. The lowest BCUT2D eigenvalue weighted by atomic mass is 10.4. The Kier molecular flexibility index (Phi) is 4.44.